The van der Waals surface area contributed by atoms with Gasteiger partial charge in [0, 0.05) is 11.8 Å². The number of ether oxygens (including phenoxy) is 1. The number of halogens is 1. The molecule has 0 aromatic heterocycles. The van der Waals surface area contributed by atoms with Gasteiger partial charge < -0.3 is 4.74 Å². The van der Waals surface area contributed by atoms with Crippen LogP contribution in [0, 0.1) is 12.7 Å². The molecular weight excluding hydrogens is 269 g/mol. The molecule has 0 atom stereocenters. The van der Waals surface area contributed by atoms with Gasteiger partial charge in [-0.2, -0.15) is 0 Å². The van der Waals surface area contributed by atoms with Crippen molar-refractivity contribution in [3.05, 3.63) is 65.5 Å². The molecular formula is C17H18FNO2. The molecule has 0 saturated carbocycles. The number of allylic oxidation sites excluding steroid dienone is 3. The van der Waals surface area contributed by atoms with Gasteiger partial charge in [0.05, 0.1) is 18.4 Å². The molecule has 0 aliphatic carbocycles. The third kappa shape index (κ3) is 4.24. The number of esters is 1. The summed E-state index contributed by atoms with van der Waals surface area (Å²) in [4.78, 5) is 15.5. The van der Waals surface area contributed by atoms with Crippen molar-refractivity contribution < 1.29 is 13.9 Å². The normalized spacial score (nSPS) is 11.5. The highest BCUT2D eigenvalue weighted by Gasteiger charge is 2.14. The summed E-state index contributed by atoms with van der Waals surface area (Å²) in [6, 6.07) is 2.68. The number of aliphatic imine (C=N–C) groups is 1. The zero-order valence-electron chi connectivity index (χ0n) is 12.4. The Balaban J connectivity index is 3.11. The van der Waals surface area contributed by atoms with Crippen LogP contribution in [-0.4, -0.2) is 19.3 Å². The molecule has 0 amide bonds. The number of benzene rings is 1. The molecule has 0 N–H and O–H groups in total. The van der Waals surface area contributed by atoms with Gasteiger partial charge in [-0.15, -0.1) is 0 Å². The second-order valence-corrected chi connectivity index (χ2v) is 4.48. The lowest BCUT2D eigenvalue weighted by Gasteiger charge is -2.09. The molecule has 0 spiro atoms. The van der Waals surface area contributed by atoms with Crippen molar-refractivity contribution in [3.8, 4) is 0 Å². The van der Waals surface area contributed by atoms with E-state index in [9.17, 15) is 9.18 Å². The Hall–Kier alpha value is -2.49. The van der Waals surface area contributed by atoms with Gasteiger partial charge in [0.25, 0.3) is 0 Å². The lowest BCUT2D eigenvalue weighted by Crippen LogP contribution is -2.04. The molecule has 3 nitrogen and oxygen atoms in total. The number of hydrogen-bond donors (Lipinski definition) is 0. The molecule has 0 radical (unpaired) electrons. The molecule has 0 fully saturated rings. The van der Waals surface area contributed by atoms with Gasteiger partial charge in [0.15, 0.2) is 0 Å². The van der Waals surface area contributed by atoms with Crippen LogP contribution in [0.2, 0.25) is 0 Å². The van der Waals surface area contributed by atoms with Crippen LogP contribution >= 0.6 is 0 Å². The van der Waals surface area contributed by atoms with Gasteiger partial charge in [-0.3, -0.25) is 4.99 Å². The first-order valence-electron chi connectivity index (χ1n) is 6.31. The Morgan fingerprint density at radius 3 is 2.62 bits per heavy atom. The lowest BCUT2D eigenvalue weighted by molar-refractivity contribution is 0.0600. The molecule has 1 rings (SSSR count). The summed E-state index contributed by atoms with van der Waals surface area (Å²) in [6.07, 6.45) is 4.96. The van der Waals surface area contributed by atoms with Crippen LogP contribution in [0.15, 0.2) is 48.0 Å². The Morgan fingerprint density at radius 2 is 2.10 bits per heavy atom. The van der Waals surface area contributed by atoms with Crippen LogP contribution in [0.1, 0.15) is 28.4 Å². The molecule has 0 bridgehead atoms. The summed E-state index contributed by atoms with van der Waals surface area (Å²) in [5.74, 6) is -1.14. The quantitative estimate of drug-likeness (QED) is 0.464. The maximum absolute atomic E-state index is 14.1. The van der Waals surface area contributed by atoms with Crippen molar-refractivity contribution in [3.63, 3.8) is 0 Å². The number of carbonyl (C=O) groups is 1. The highest BCUT2D eigenvalue weighted by Crippen LogP contribution is 2.24. The fraction of sp³-hybridized carbons (Fsp3) is 0.176. The summed E-state index contributed by atoms with van der Waals surface area (Å²) in [5, 5.41) is 0. The summed E-state index contributed by atoms with van der Waals surface area (Å²) in [6.45, 7) is 10.9. The molecule has 0 unspecified atom stereocenters. The van der Waals surface area contributed by atoms with E-state index in [2.05, 4.69) is 22.9 Å². The first-order chi connectivity index (χ1) is 9.90. The Morgan fingerprint density at radius 1 is 1.43 bits per heavy atom. The van der Waals surface area contributed by atoms with Crippen LogP contribution in [0.5, 0.6) is 0 Å². The molecule has 1 aromatic carbocycles. The van der Waals surface area contributed by atoms with E-state index in [-0.39, 0.29) is 16.8 Å². The molecule has 110 valence electrons. The summed E-state index contributed by atoms with van der Waals surface area (Å²) >= 11 is 0. The zero-order chi connectivity index (χ0) is 16.0. The second-order valence-electron chi connectivity index (χ2n) is 4.48. The fourth-order valence-electron chi connectivity index (χ4n) is 1.72. The van der Waals surface area contributed by atoms with Crippen LogP contribution in [0.4, 0.5) is 4.39 Å². The first-order valence-corrected chi connectivity index (χ1v) is 6.31. The molecule has 1 aromatic rings. The first kappa shape index (κ1) is 16.6. The van der Waals surface area contributed by atoms with Gasteiger partial charge in [-0.25, -0.2) is 9.18 Å². The lowest BCUT2D eigenvalue weighted by atomic mass is 10.0. The predicted octanol–water partition coefficient (Wildman–Crippen LogP) is 4.09. The van der Waals surface area contributed by atoms with Crippen LogP contribution in [0.25, 0.3) is 5.70 Å². The van der Waals surface area contributed by atoms with E-state index in [0.29, 0.717) is 5.56 Å². The SMILES string of the molecule is C=C/C(C)=C\C=N\C(=C)c1c(C)cc(C(=O)OC)cc1F. The molecule has 0 aliphatic rings. The summed E-state index contributed by atoms with van der Waals surface area (Å²) < 4.78 is 18.7. The number of hydrogen-bond acceptors (Lipinski definition) is 3. The monoisotopic (exact) mass is 287 g/mol. The standard InChI is InChI=1S/C17H18FNO2/c1-6-11(2)7-8-19-13(4)16-12(3)9-14(10-15(16)18)17(20)21-5/h6-10H,1,4H2,2-3,5H3/b11-7-,19-8+. The van der Waals surface area contributed by atoms with Crippen LogP contribution in [0.3, 0.4) is 0 Å². The highest BCUT2D eigenvalue weighted by atomic mass is 19.1. The maximum atomic E-state index is 14.1. The van der Waals surface area contributed by atoms with Crippen LogP contribution < -0.4 is 0 Å². The predicted molar refractivity (Wildman–Crippen MR) is 84.0 cm³/mol. The molecule has 4 heteroatoms. The minimum atomic E-state index is -0.581. The average Bonchev–Trinajstić information content (AvgIpc) is 2.45. The highest BCUT2D eigenvalue weighted by molar-refractivity contribution is 5.90. The topological polar surface area (TPSA) is 38.7 Å². The van der Waals surface area contributed by atoms with Crippen molar-refractivity contribution in [2.24, 2.45) is 4.99 Å². The second kappa shape index (κ2) is 7.33. The van der Waals surface area contributed by atoms with Crippen molar-refractivity contribution in [1.82, 2.24) is 0 Å². The number of carbonyl (C=O) groups excluding carboxylic acids is 1. The Bertz CT molecular complexity index is 619. The number of nitrogens with zero attached hydrogens (tertiary/aromatic N) is 1. The largest absolute Gasteiger partial charge is 0.465 e. The average molecular weight is 287 g/mol. The molecule has 21 heavy (non-hydrogen) atoms. The molecule has 0 aliphatic heterocycles. The molecule has 0 heterocycles. The van der Waals surface area contributed by atoms with Gasteiger partial charge in [-0.1, -0.05) is 24.8 Å². The van der Waals surface area contributed by atoms with Crippen molar-refractivity contribution in [1.29, 1.82) is 0 Å². The molecule has 0 saturated heterocycles. The van der Waals surface area contributed by atoms with E-state index in [1.54, 1.807) is 25.1 Å². The van der Waals surface area contributed by atoms with Crippen molar-refractivity contribution in [2.45, 2.75) is 13.8 Å². The fourth-order valence-corrected chi connectivity index (χ4v) is 1.72. The summed E-state index contributed by atoms with van der Waals surface area (Å²) in [7, 11) is 1.25. The number of aryl methyl sites for hydroxylation is 1. The number of rotatable bonds is 5. The minimum Gasteiger partial charge on any atom is -0.465 e. The maximum Gasteiger partial charge on any atom is 0.337 e. The van der Waals surface area contributed by atoms with E-state index in [1.807, 2.05) is 6.92 Å². The van der Waals surface area contributed by atoms with Gasteiger partial charge >= 0.3 is 5.97 Å². The van der Waals surface area contributed by atoms with Gasteiger partial charge in [0.2, 0.25) is 0 Å². The minimum absolute atomic E-state index is 0.162. The third-order valence-electron chi connectivity index (χ3n) is 2.89. The zero-order valence-corrected chi connectivity index (χ0v) is 12.4. The van der Waals surface area contributed by atoms with E-state index < -0.39 is 11.8 Å². The van der Waals surface area contributed by atoms with Crippen molar-refractivity contribution >= 4 is 17.9 Å². The van der Waals surface area contributed by atoms with Gasteiger partial charge in [-0.05, 0) is 37.6 Å². The Labute approximate surface area is 124 Å². The van der Waals surface area contributed by atoms with E-state index in [4.69, 9.17) is 0 Å². The van der Waals surface area contributed by atoms with E-state index in [1.165, 1.54) is 13.3 Å². The third-order valence-corrected chi connectivity index (χ3v) is 2.89. The van der Waals surface area contributed by atoms with Crippen LogP contribution in [-0.2, 0) is 4.74 Å². The number of methoxy groups -OCH3 is 1. The van der Waals surface area contributed by atoms with E-state index >= 15 is 0 Å². The Kier molecular flexibility index (Phi) is 5.79. The van der Waals surface area contributed by atoms with Gasteiger partial charge in [0.1, 0.15) is 5.82 Å². The summed E-state index contributed by atoms with van der Waals surface area (Å²) in [5.41, 5.74) is 2.24. The van der Waals surface area contributed by atoms with E-state index in [0.717, 1.165) is 11.6 Å². The smallest absolute Gasteiger partial charge is 0.337 e. The van der Waals surface area contributed by atoms with Crippen molar-refractivity contribution in [2.75, 3.05) is 7.11 Å².